The summed E-state index contributed by atoms with van der Waals surface area (Å²) in [4.78, 5) is 48.6. The molecule has 1 atom stereocenters. The summed E-state index contributed by atoms with van der Waals surface area (Å²) in [7, 11) is 0. The highest BCUT2D eigenvalue weighted by atomic mass is 32.2. The third kappa shape index (κ3) is 6.85. The Morgan fingerprint density at radius 3 is 2.61 bits per heavy atom. The zero-order valence-electron chi connectivity index (χ0n) is 20.1. The molecule has 3 rings (SSSR count). The predicted octanol–water partition coefficient (Wildman–Crippen LogP) is 4.95. The minimum atomic E-state index is -0.642. The number of amides is 2. The first kappa shape index (κ1) is 26.7. The largest absolute Gasteiger partial charge is 0.490 e. The van der Waals surface area contributed by atoms with Crippen LogP contribution in [0.2, 0.25) is 0 Å². The third-order valence-electron chi connectivity index (χ3n) is 5.15. The molecule has 0 aromatic heterocycles. The molecule has 0 spiro atoms. The van der Waals surface area contributed by atoms with Gasteiger partial charge < -0.3 is 14.2 Å². The molecule has 10 nitrogen and oxygen atoms in total. The highest BCUT2D eigenvalue weighted by Gasteiger charge is 2.36. The summed E-state index contributed by atoms with van der Waals surface area (Å²) in [5, 5.41) is 10.4. The maximum atomic E-state index is 12.7. The first-order valence-corrected chi connectivity index (χ1v) is 12.1. The molecule has 11 heteroatoms. The fourth-order valence-corrected chi connectivity index (χ4v) is 4.02. The average Bonchev–Trinajstić information content (AvgIpc) is 3.11. The van der Waals surface area contributed by atoms with Crippen LogP contribution in [0.15, 0.2) is 47.4 Å². The van der Waals surface area contributed by atoms with Crippen molar-refractivity contribution in [1.29, 1.82) is 0 Å². The number of esters is 1. The van der Waals surface area contributed by atoms with E-state index in [-0.39, 0.29) is 23.3 Å². The van der Waals surface area contributed by atoms with Gasteiger partial charge in [0, 0.05) is 12.1 Å². The van der Waals surface area contributed by atoms with Crippen LogP contribution in [0.25, 0.3) is 6.08 Å². The molecule has 2 aromatic carbocycles. The van der Waals surface area contributed by atoms with Gasteiger partial charge in [-0.3, -0.25) is 29.4 Å². The predicted molar refractivity (Wildman–Crippen MR) is 134 cm³/mol. The summed E-state index contributed by atoms with van der Waals surface area (Å²) >= 11 is 0.742. The molecule has 2 aromatic rings. The van der Waals surface area contributed by atoms with Crippen LogP contribution in [0.4, 0.5) is 10.5 Å². The molecule has 1 aliphatic heterocycles. The number of rotatable bonds is 11. The summed E-state index contributed by atoms with van der Waals surface area (Å²) in [5.74, 6) is -0.388. The van der Waals surface area contributed by atoms with Crippen LogP contribution in [0, 0.1) is 10.1 Å². The van der Waals surface area contributed by atoms with Crippen molar-refractivity contribution in [2.24, 2.45) is 0 Å². The third-order valence-corrected chi connectivity index (χ3v) is 6.06. The van der Waals surface area contributed by atoms with Crippen molar-refractivity contribution in [3.05, 3.63) is 68.6 Å². The zero-order chi connectivity index (χ0) is 26.2. The molecule has 36 heavy (non-hydrogen) atoms. The lowest BCUT2D eigenvalue weighted by Crippen LogP contribution is -2.35. The highest BCUT2D eigenvalue weighted by molar-refractivity contribution is 8.18. The summed E-state index contributed by atoms with van der Waals surface area (Å²) in [6, 6.07) is 11.1. The van der Waals surface area contributed by atoms with Crippen LogP contribution < -0.4 is 9.47 Å². The first-order chi connectivity index (χ1) is 17.2. The molecule has 0 radical (unpaired) electrons. The molecule has 0 N–H and O–H groups in total. The highest BCUT2D eigenvalue weighted by Crippen LogP contribution is 2.35. The Morgan fingerprint density at radius 2 is 1.92 bits per heavy atom. The van der Waals surface area contributed by atoms with E-state index in [0.717, 1.165) is 16.7 Å². The van der Waals surface area contributed by atoms with E-state index < -0.39 is 28.6 Å². The Hall–Kier alpha value is -3.86. The summed E-state index contributed by atoms with van der Waals surface area (Å²) in [6.45, 7) is 5.40. The Balaban J connectivity index is 1.73. The van der Waals surface area contributed by atoms with E-state index in [4.69, 9.17) is 14.2 Å². The van der Waals surface area contributed by atoms with Crippen molar-refractivity contribution in [2.45, 2.75) is 39.9 Å². The second-order valence-electron chi connectivity index (χ2n) is 7.83. The number of thioether (sulfide) groups is 1. The molecule has 0 unspecified atom stereocenters. The van der Waals surface area contributed by atoms with Crippen LogP contribution in [0.1, 0.15) is 38.3 Å². The van der Waals surface area contributed by atoms with Crippen molar-refractivity contribution in [3.8, 4) is 11.5 Å². The molecule has 1 aliphatic rings. The molecule has 1 fully saturated rings. The second kappa shape index (κ2) is 12.2. The van der Waals surface area contributed by atoms with Crippen LogP contribution in [0.5, 0.6) is 11.5 Å². The zero-order valence-corrected chi connectivity index (χ0v) is 20.9. The van der Waals surface area contributed by atoms with E-state index in [2.05, 4.69) is 0 Å². The molecular formula is C25H26N2O8S. The van der Waals surface area contributed by atoms with Gasteiger partial charge in [-0.05, 0) is 61.4 Å². The maximum Gasteiger partial charge on any atom is 0.326 e. The summed E-state index contributed by atoms with van der Waals surface area (Å²) < 4.78 is 16.7. The van der Waals surface area contributed by atoms with Gasteiger partial charge in [-0.2, -0.15) is 0 Å². The smallest absolute Gasteiger partial charge is 0.326 e. The van der Waals surface area contributed by atoms with Gasteiger partial charge in [0.25, 0.3) is 16.8 Å². The number of carbonyl (C=O) groups is 3. The lowest BCUT2D eigenvalue weighted by Gasteiger charge is -2.15. The molecule has 1 heterocycles. The van der Waals surface area contributed by atoms with Crippen LogP contribution >= 0.6 is 11.8 Å². The maximum absolute atomic E-state index is 12.7. The van der Waals surface area contributed by atoms with E-state index in [1.165, 1.54) is 18.2 Å². The molecule has 190 valence electrons. The summed E-state index contributed by atoms with van der Waals surface area (Å²) in [6.07, 6.45) is 1.86. The summed E-state index contributed by atoms with van der Waals surface area (Å²) in [5.41, 5.74) is 1.18. The molecule has 0 aliphatic carbocycles. The average molecular weight is 515 g/mol. The molecular weight excluding hydrogens is 488 g/mol. The van der Waals surface area contributed by atoms with Gasteiger partial charge in [-0.1, -0.05) is 25.1 Å². The van der Waals surface area contributed by atoms with Crippen molar-refractivity contribution >= 4 is 40.6 Å². The van der Waals surface area contributed by atoms with E-state index in [1.807, 2.05) is 6.92 Å². The standard InChI is InChI=1S/C25H26N2O8S/c1-4-16(3)35-23(28)14-26-24(29)22(36-25(26)30)13-17-9-10-20(21(12-17)33-5-2)34-15-18-7-6-8-19(11-18)27(31)32/h6-13,16H,4-5,14-15H2,1-3H3/b22-13+/t16-/m0/s1. The van der Waals surface area contributed by atoms with Crippen LogP contribution in [0.3, 0.4) is 0 Å². The number of nitro groups is 1. The minimum absolute atomic E-state index is 0.0291. The van der Waals surface area contributed by atoms with E-state index in [1.54, 1.807) is 44.2 Å². The van der Waals surface area contributed by atoms with Gasteiger partial charge >= 0.3 is 5.97 Å². The molecule has 1 saturated heterocycles. The van der Waals surface area contributed by atoms with Gasteiger partial charge in [0.15, 0.2) is 11.5 Å². The Bertz CT molecular complexity index is 1200. The first-order valence-electron chi connectivity index (χ1n) is 11.3. The Morgan fingerprint density at radius 1 is 1.14 bits per heavy atom. The number of imide groups is 1. The Labute approximate surface area is 212 Å². The number of ether oxygens (including phenoxy) is 3. The molecule has 0 saturated carbocycles. The fourth-order valence-electron chi connectivity index (χ4n) is 3.18. The second-order valence-corrected chi connectivity index (χ2v) is 8.82. The number of carbonyl (C=O) groups excluding carboxylic acids is 3. The van der Waals surface area contributed by atoms with Crippen LogP contribution in [-0.4, -0.2) is 46.2 Å². The number of hydrogen-bond acceptors (Lipinski definition) is 9. The fraction of sp³-hybridized carbons (Fsp3) is 0.320. The Kier molecular flexibility index (Phi) is 9.07. The number of benzene rings is 2. The lowest BCUT2D eigenvalue weighted by atomic mass is 10.1. The quantitative estimate of drug-likeness (QED) is 0.177. The number of nitrogens with zero attached hydrogens (tertiary/aromatic N) is 2. The monoisotopic (exact) mass is 514 g/mol. The molecule has 2 amide bonds. The van der Waals surface area contributed by atoms with E-state index in [9.17, 15) is 24.5 Å². The van der Waals surface area contributed by atoms with Crippen molar-refractivity contribution in [1.82, 2.24) is 4.90 Å². The number of nitro benzene ring substituents is 1. The lowest BCUT2D eigenvalue weighted by molar-refractivity contribution is -0.384. The minimum Gasteiger partial charge on any atom is -0.490 e. The van der Waals surface area contributed by atoms with Gasteiger partial charge in [0.05, 0.1) is 22.5 Å². The number of hydrogen-bond donors (Lipinski definition) is 0. The van der Waals surface area contributed by atoms with Gasteiger partial charge in [0.2, 0.25) is 0 Å². The van der Waals surface area contributed by atoms with Crippen LogP contribution in [-0.2, 0) is 20.9 Å². The number of non-ortho nitro benzene ring substituents is 1. The van der Waals surface area contributed by atoms with Crippen molar-refractivity contribution in [2.75, 3.05) is 13.2 Å². The van der Waals surface area contributed by atoms with Gasteiger partial charge in [0.1, 0.15) is 13.2 Å². The van der Waals surface area contributed by atoms with Gasteiger partial charge in [-0.25, -0.2) is 0 Å². The van der Waals surface area contributed by atoms with Crippen molar-refractivity contribution in [3.63, 3.8) is 0 Å². The van der Waals surface area contributed by atoms with Crippen molar-refractivity contribution < 1.29 is 33.5 Å². The normalized spacial score (nSPS) is 15.2. The van der Waals surface area contributed by atoms with E-state index in [0.29, 0.717) is 35.7 Å². The molecule has 0 bridgehead atoms. The van der Waals surface area contributed by atoms with E-state index >= 15 is 0 Å². The topological polar surface area (TPSA) is 125 Å². The van der Waals surface area contributed by atoms with Gasteiger partial charge in [-0.15, -0.1) is 0 Å². The SMILES string of the molecule is CCOc1cc(/C=C2/SC(=O)N(CC(=O)O[C@@H](C)CC)C2=O)ccc1OCc1cccc([N+](=O)[O-])c1.